The first-order valence-corrected chi connectivity index (χ1v) is 6.92. The minimum absolute atomic E-state index is 0.865. The van der Waals surface area contributed by atoms with Gasteiger partial charge in [-0.2, -0.15) is 0 Å². The van der Waals surface area contributed by atoms with Crippen LogP contribution in [0.15, 0.2) is 0 Å². The van der Waals surface area contributed by atoms with Gasteiger partial charge in [-0.05, 0) is 43.6 Å². The van der Waals surface area contributed by atoms with E-state index in [0.717, 1.165) is 23.8 Å². The lowest BCUT2D eigenvalue weighted by atomic mass is 9.79. The van der Waals surface area contributed by atoms with Gasteiger partial charge in [0.2, 0.25) is 0 Å². The molecule has 1 aliphatic carbocycles. The van der Waals surface area contributed by atoms with E-state index in [0.29, 0.717) is 0 Å². The van der Waals surface area contributed by atoms with Crippen LogP contribution in [0.3, 0.4) is 0 Å². The van der Waals surface area contributed by atoms with Gasteiger partial charge in [0.15, 0.2) is 0 Å². The predicted octanol–water partition coefficient (Wildman–Crippen LogP) is 3.54. The number of nitrogens with zero attached hydrogens (tertiary/aromatic N) is 1. The van der Waals surface area contributed by atoms with E-state index in [1.54, 1.807) is 0 Å². The summed E-state index contributed by atoms with van der Waals surface area (Å²) in [6.07, 6.45) is 7.32. The molecule has 15 heavy (non-hydrogen) atoms. The Morgan fingerprint density at radius 1 is 1.07 bits per heavy atom. The third-order valence-electron chi connectivity index (χ3n) is 4.75. The average Bonchev–Trinajstić information content (AvgIpc) is 2.71. The van der Waals surface area contributed by atoms with Gasteiger partial charge in [-0.15, -0.1) is 0 Å². The number of hydrogen-bond donors (Lipinski definition) is 0. The second-order valence-corrected chi connectivity index (χ2v) is 6.11. The molecule has 0 N–H and O–H groups in total. The topological polar surface area (TPSA) is 3.24 Å². The highest BCUT2D eigenvalue weighted by Gasteiger charge is 2.32. The van der Waals surface area contributed by atoms with E-state index in [2.05, 4.69) is 25.7 Å². The molecule has 1 saturated heterocycles. The molecule has 1 nitrogen and oxygen atoms in total. The molecule has 1 saturated carbocycles. The summed E-state index contributed by atoms with van der Waals surface area (Å²) < 4.78 is 0. The smallest absolute Gasteiger partial charge is 0.00953 e. The van der Waals surface area contributed by atoms with Gasteiger partial charge in [0.05, 0.1) is 0 Å². The van der Waals surface area contributed by atoms with E-state index in [9.17, 15) is 0 Å². The molecule has 0 unspecified atom stereocenters. The molecular weight excluding hydrogens is 182 g/mol. The Morgan fingerprint density at radius 3 is 2.33 bits per heavy atom. The summed E-state index contributed by atoms with van der Waals surface area (Å²) >= 11 is 0. The monoisotopic (exact) mass is 209 g/mol. The highest BCUT2D eigenvalue weighted by atomic mass is 15.2. The molecule has 2 fully saturated rings. The fraction of sp³-hybridized carbons (Fsp3) is 1.00. The van der Waals surface area contributed by atoms with Gasteiger partial charge in [0, 0.05) is 12.6 Å². The molecule has 2 atom stereocenters. The summed E-state index contributed by atoms with van der Waals surface area (Å²) in [4.78, 5) is 2.80. The van der Waals surface area contributed by atoms with Gasteiger partial charge in [-0.25, -0.2) is 0 Å². The molecular formula is C14H27N. The van der Waals surface area contributed by atoms with Gasteiger partial charge in [-0.3, -0.25) is 0 Å². The zero-order valence-electron chi connectivity index (χ0n) is 10.7. The lowest BCUT2D eigenvalue weighted by molar-refractivity contribution is 0.0665. The van der Waals surface area contributed by atoms with Crippen molar-refractivity contribution in [1.82, 2.24) is 4.90 Å². The molecule has 2 rings (SSSR count). The van der Waals surface area contributed by atoms with E-state index in [1.165, 1.54) is 45.2 Å². The molecule has 0 aromatic carbocycles. The lowest BCUT2D eigenvalue weighted by Gasteiger charge is -2.42. The van der Waals surface area contributed by atoms with Crippen molar-refractivity contribution >= 4 is 0 Å². The average molecular weight is 209 g/mol. The van der Waals surface area contributed by atoms with Gasteiger partial charge in [-0.1, -0.05) is 33.6 Å². The summed E-state index contributed by atoms with van der Waals surface area (Å²) in [7, 11) is 0. The molecule has 0 bridgehead atoms. The van der Waals surface area contributed by atoms with Crippen LogP contribution in [-0.2, 0) is 0 Å². The SMILES string of the molecule is CC(C)[C@@H]1CN(C2CCCC2)CC[C@H]1C. The zero-order chi connectivity index (χ0) is 10.8. The summed E-state index contributed by atoms with van der Waals surface area (Å²) in [6, 6.07) is 0.943. The minimum Gasteiger partial charge on any atom is -0.300 e. The van der Waals surface area contributed by atoms with Gasteiger partial charge in [0.1, 0.15) is 0 Å². The van der Waals surface area contributed by atoms with Crippen LogP contribution in [0.2, 0.25) is 0 Å². The van der Waals surface area contributed by atoms with Crippen molar-refractivity contribution in [2.75, 3.05) is 13.1 Å². The van der Waals surface area contributed by atoms with Crippen molar-refractivity contribution in [3.63, 3.8) is 0 Å². The maximum absolute atomic E-state index is 2.80. The zero-order valence-corrected chi connectivity index (χ0v) is 10.7. The van der Waals surface area contributed by atoms with Crippen LogP contribution in [0.5, 0.6) is 0 Å². The normalized spacial score (nSPS) is 35.2. The highest BCUT2D eigenvalue weighted by molar-refractivity contribution is 4.85. The van der Waals surface area contributed by atoms with Crippen LogP contribution >= 0.6 is 0 Å². The summed E-state index contributed by atoms with van der Waals surface area (Å²) in [5.41, 5.74) is 0. The molecule has 1 heterocycles. The second kappa shape index (κ2) is 4.86. The Morgan fingerprint density at radius 2 is 1.73 bits per heavy atom. The molecule has 0 aromatic rings. The first-order valence-electron chi connectivity index (χ1n) is 6.92. The van der Waals surface area contributed by atoms with Crippen LogP contribution in [0, 0.1) is 17.8 Å². The largest absolute Gasteiger partial charge is 0.300 e. The van der Waals surface area contributed by atoms with Crippen LogP contribution in [-0.4, -0.2) is 24.0 Å². The van der Waals surface area contributed by atoms with E-state index in [1.807, 2.05) is 0 Å². The highest BCUT2D eigenvalue weighted by Crippen LogP contribution is 2.33. The van der Waals surface area contributed by atoms with Crippen molar-refractivity contribution in [3.05, 3.63) is 0 Å². The molecule has 88 valence electrons. The predicted molar refractivity (Wildman–Crippen MR) is 65.9 cm³/mol. The molecule has 0 spiro atoms. The quantitative estimate of drug-likeness (QED) is 0.672. The maximum Gasteiger partial charge on any atom is 0.00953 e. The summed E-state index contributed by atoms with van der Waals surface area (Å²) in [6.45, 7) is 10.0. The number of rotatable bonds is 2. The standard InChI is InChI=1S/C14H27N/c1-11(2)14-10-15(9-8-12(14)3)13-6-4-5-7-13/h11-14H,4-10H2,1-3H3/t12-,14+/m1/s1. The van der Waals surface area contributed by atoms with E-state index >= 15 is 0 Å². The number of likely N-dealkylation sites (tertiary alicyclic amines) is 1. The van der Waals surface area contributed by atoms with Crippen molar-refractivity contribution in [2.45, 2.75) is 58.9 Å². The molecule has 0 amide bonds. The fourth-order valence-electron chi connectivity index (χ4n) is 3.59. The Kier molecular flexibility index (Phi) is 3.71. The Hall–Kier alpha value is -0.0400. The van der Waals surface area contributed by atoms with Crippen LogP contribution < -0.4 is 0 Å². The summed E-state index contributed by atoms with van der Waals surface area (Å²) in [5.74, 6) is 2.76. The van der Waals surface area contributed by atoms with Crippen LogP contribution in [0.1, 0.15) is 52.9 Å². The fourth-order valence-corrected chi connectivity index (χ4v) is 3.59. The van der Waals surface area contributed by atoms with Gasteiger partial charge in [0.25, 0.3) is 0 Å². The van der Waals surface area contributed by atoms with Gasteiger partial charge >= 0.3 is 0 Å². The van der Waals surface area contributed by atoms with Crippen molar-refractivity contribution in [2.24, 2.45) is 17.8 Å². The third kappa shape index (κ3) is 2.55. The van der Waals surface area contributed by atoms with Crippen molar-refractivity contribution in [3.8, 4) is 0 Å². The molecule has 1 heteroatoms. The van der Waals surface area contributed by atoms with Crippen LogP contribution in [0.4, 0.5) is 0 Å². The van der Waals surface area contributed by atoms with E-state index < -0.39 is 0 Å². The molecule has 0 aromatic heterocycles. The van der Waals surface area contributed by atoms with Crippen molar-refractivity contribution in [1.29, 1.82) is 0 Å². The van der Waals surface area contributed by atoms with Crippen molar-refractivity contribution < 1.29 is 0 Å². The first-order chi connectivity index (χ1) is 7.18. The Bertz CT molecular complexity index is 194. The molecule has 0 radical (unpaired) electrons. The second-order valence-electron chi connectivity index (χ2n) is 6.11. The number of hydrogen-bond acceptors (Lipinski definition) is 1. The van der Waals surface area contributed by atoms with E-state index in [4.69, 9.17) is 0 Å². The first kappa shape index (κ1) is 11.4. The van der Waals surface area contributed by atoms with Gasteiger partial charge < -0.3 is 4.90 Å². The molecule has 2 aliphatic rings. The van der Waals surface area contributed by atoms with Crippen LogP contribution in [0.25, 0.3) is 0 Å². The minimum atomic E-state index is 0.865. The number of piperidine rings is 1. The Balaban J connectivity index is 1.92. The third-order valence-corrected chi connectivity index (χ3v) is 4.75. The molecule has 1 aliphatic heterocycles. The lowest BCUT2D eigenvalue weighted by Crippen LogP contribution is -2.45. The van der Waals surface area contributed by atoms with E-state index in [-0.39, 0.29) is 0 Å². The Labute approximate surface area is 95.2 Å². The summed E-state index contributed by atoms with van der Waals surface area (Å²) in [5, 5.41) is 0. The maximum atomic E-state index is 2.80.